The van der Waals surface area contributed by atoms with Gasteiger partial charge in [-0.3, -0.25) is 0 Å². The highest BCUT2D eigenvalue weighted by Crippen LogP contribution is 2.04. The van der Waals surface area contributed by atoms with Gasteiger partial charge in [0.15, 0.2) is 0 Å². The second kappa shape index (κ2) is 4.70. The van der Waals surface area contributed by atoms with Gasteiger partial charge in [0.2, 0.25) is 0 Å². The Hall–Kier alpha value is -0.120. The van der Waals surface area contributed by atoms with E-state index in [2.05, 4.69) is 4.90 Å². The van der Waals surface area contributed by atoms with E-state index in [-0.39, 0.29) is 6.61 Å². The molecule has 3 heteroatoms. The van der Waals surface area contributed by atoms with Crippen molar-refractivity contribution in [2.24, 2.45) is 0 Å². The van der Waals surface area contributed by atoms with Crippen molar-refractivity contribution in [1.82, 2.24) is 4.90 Å². The van der Waals surface area contributed by atoms with Crippen molar-refractivity contribution in [2.45, 2.75) is 26.4 Å². The highest BCUT2D eigenvalue weighted by atomic mass is 16.3. The fraction of sp³-hybridized carbons (Fsp3) is 1.00. The van der Waals surface area contributed by atoms with Gasteiger partial charge in [0.25, 0.3) is 0 Å². The van der Waals surface area contributed by atoms with Crippen LogP contribution in [0.5, 0.6) is 0 Å². The van der Waals surface area contributed by atoms with Crippen LogP contribution in [0.2, 0.25) is 0 Å². The van der Waals surface area contributed by atoms with Crippen LogP contribution < -0.4 is 0 Å². The van der Waals surface area contributed by atoms with Gasteiger partial charge >= 0.3 is 0 Å². The van der Waals surface area contributed by atoms with Crippen LogP contribution in [-0.2, 0) is 0 Å². The zero-order chi connectivity index (χ0) is 8.91. The van der Waals surface area contributed by atoms with E-state index in [4.69, 9.17) is 5.11 Å². The van der Waals surface area contributed by atoms with Gasteiger partial charge in [-0.25, -0.2) is 0 Å². The predicted octanol–water partition coefficient (Wildman–Crippen LogP) is 0.0715. The lowest BCUT2D eigenvalue weighted by Crippen LogP contribution is -2.43. The molecule has 0 aliphatic heterocycles. The van der Waals surface area contributed by atoms with Gasteiger partial charge in [-0.15, -0.1) is 0 Å². The second-order valence-electron chi connectivity index (χ2n) is 3.12. The Bertz CT molecular complexity index is 100. The van der Waals surface area contributed by atoms with Crippen LogP contribution in [-0.4, -0.2) is 47.0 Å². The number of rotatable bonds is 5. The molecular weight excluding hydrogens is 142 g/mol. The summed E-state index contributed by atoms with van der Waals surface area (Å²) < 4.78 is 0. The molecule has 1 atom stereocenters. The molecule has 0 amide bonds. The molecule has 0 saturated heterocycles. The Morgan fingerprint density at radius 2 is 1.73 bits per heavy atom. The monoisotopic (exact) mass is 161 g/mol. The lowest BCUT2D eigenvalue weighted by Gasteiger charge is -2.28. The van der Waals surface area contributed by atoms with Crippen molar-refractivity contribution in [2.75, 3.05) is 26.2 Å². The maximum absolute atomic E-state index is 9.46. The molecule has 0 aliphatic carbocycles. The molecule has 0 aromatic heterocycles. The molecular formula is C8H19NO2. The summed E-state index contributed by atoms with van der Waals surface area (Å²) in [4.78, 5) is 2.08. The number of hydrogen-bond acceptors (Lipinski definition) is 3. The van der Waals surface area contributed by atoms with Crippen molar-refractivity contribution >= 4 is 0 Å². The number of aliphatic hydroxyl groups excluding tert-OH is 1. The lowest BCUT2D eigenvalue weighted by atomic mass is 10.1. The van der Waals surface area contributed by atoms with Crippen LogP contribution in [0.15, 0.2) is 0 Å². The van der Waals surface area contributed by atoms with Crippen molar-refractivity contribution in [3.63, 3.8) is 0 Å². The molecule has 0 heterocycles. The molecule has 11 heavy (non-hydrogen) atoms. The van der Waals surface area contributed by atoms with Crippen molar-refractivity contribution in [1.29, 1.82) is 0 Å². The molecule has 0 bridgehead atoms. The topological polar surface area (TPSA) is 43.7 Å². The smallest absolute Gasteiger partial charge is 0.0975 e. The standard InChI is InChI=1S/C8H19NO2/c1-4-9(5-2)6-8(3,11)7-10/h10-11H,4-7H2,1-3H3. The normalized spacial score (nSPS) is 16.9. The van der Waals surface area contributed by atoms with Crippen LogP contribution in [0.1, 0.15) is 20.8 Å². The Morgan fingerprint density at radius 3 is 2.00 bits per heavy atom. The summed E-state index contributed by atoms with van der Waals surface area (Å²) in [6, 6.07) is 0. The molecule has 0 spiro atoms. The van der Waals surface area contributed by atoms with Gasteiger partial charge in [0.1, 0.15) is 0 Å². The zero-order valence-electron chi connectivity index (χ0n) is 7.67. The van der Waals surface area contributed by atoms with Gasteiger partial charge in [-0.05, 0) is 20.0 Å². The van der Waals surface area contributed by atoms with Crippen molar-refractivity contribution < 1.29 is 10.2 Å². The summed E-state index contributed by atoms with van der Waals surface area (Å²) in [5.41, 5.74) is -0.952. The average molecular weight is 161 g/mol. The molecule has 0 rings (SSSR count). The maximum Gasteiger partial charge on any atom is 0.0975 e. The zero-order valence-corrected chi connectivity index (χ0v) is 7.67. The predicted molar refractivity (Wildman–Crippen MR) is 45.5 cm³/mol. The Kier molecular flexibility index (Phi) is 4.65. The summed E-state index contributed by atoms with van der Waals surface area (Å²) in [7, 11) is 0. The third kappa shape index (κ3) is 4.35. The first-order valence-electron chi connectivity index (χ1n) is 4.11. The van der Waals surface area contributed by atoms with Gasteiger partial charge in [-0.1, -0.05) is 13.8 Å². The van der Waals surface area contributed by atoms with Gasteiger partial charge in [0.05, 0.1) is 12.2 Å². The van der Waals surface area contributed by atoms with E-state index in [0.29, 0.717) is 6.54 Å². The molecule has 0 aromatic carbocycles. The largest absolute Gasteiger partial charge is 0.393 e. The Labute approximate surface area is 68.6 Å². The minimum Gasteiger partial charge on any atom is -0.393 e. The molecule has 1 unspecified atom stereocenters. The number of nitrogens with zero attached hydrogens (tertiary/aromatic N) is 1. The first kappa shape index (κ1) is 10.9. The first-order valence-corrected chi connectivity index (χ1v) is 4.11. The van der Waals surface area contributed by atoms with E-state index >= 15 is 0 Å². The second-order valence-corrected chi connectivity index (χ2v) is 3.12. The average Bonchev–Trinajstić information content (AvgIpc) is 2.00. The number of aliphatic hydroxyl groups is 2. The van der Waals surface area contributed by atoms with Gasteiger partial charge in [0, 0.05) is 6.54 Å². The highest BCUT2D eigenvalue weighted by molar-refractivity contribution is 4.75. The van der Waals surface area contributed by atoms with E-state index in [1.165, 1.54) is 0 Å². The Morgan fingerprint density at radius 1 is 1.27 bits per heavy atom. The van der Waals surface area contributed by atoms with Crippen LogP contribution in [0.3, 0.4) is 0 Å². The minimum atomic E-state index is -0.952. The summed E-state index contributed by atoms with van der Waals surface area (Å²) in [6.07, 6.45) is 0. The SMILES string of the molecule is CCN(CC)CC(C)(O)CO. The summed E-state index contributed by atoms with van der Waals surface area (Å²) in [5.74, 6) is 0. The fourth-order valence-electron chi connectivity index (χ4n) is 0.979. The van der Waals surface area contributed by atoms with Crippen molar-refractivity contribution in [3.05, 3.63) is 0 Å². The van der Waals surface area contributed by atoms with Crippen LogP contribution in [0.4, 0.5) is 0 Å². The first-order chi connectivity index (χ1) is 5.05. The third-order valence-corrected chi connectivity index (χ3v) is 1.80. The third-order valence-electron chi connectivity index (χ3n) is 1.80. The number of hydrogen-bond donors (Lipinski definition) is 2. The summed E-state index contributed by atoms with van der Waals surface area (Å²) in [6.45, 7) is 7.90. The molecule has 3 nitrogen and oxygen atoms in total. The summed E-state index contributed by atoms with van der Waals surface area (Å²) in [5, 5.41) is 18.2. The van der Waals surface area contributed by atoms with E-state index in [1.807, 2.05) is 13.8 Å². The maximum atomic E-state index is 9.46. The van der Waals surface area contributed by atoms with Gasteiger partial charge < -0.3 is 15.1 Å². The highest BCUT2D eigenvalue weighted by Gasteiger charge is 2.21. The quantitative estimate of drug-likeness (QED) is 0.600. The van der Waals surface area contributed by atoms with Crippen LogP contribution >= 0.6 is 0 Å². The molecule has 68 valence electrons. The molecule has 0 aromatic rings. The lowest BCUT2D eigenvalue weighted by molar-refractivity contribution is -0.0235. The molecule has 0 saturated carbocycles. The molecule has 0 fully saturated rings. The van der Waals surface area contributed by atoms with E-state index in [0.717, 1.165) is 13.1 Å². The summed E-state index contributed by atoms with van der Waals surface area (Å²) >= 11 is 0. The number of likely N-dealkylation sites (N-methyl/N-ethyl adjacent to an activating group) is 1. The van der Waals surface area contributed by atoms with E-state index in [1.54, 1.807) is 6.92 Å². The van der Waals surface area contributed by atoms with Crippen molar-refractivity contribution in [3.8, 4) is 0 Å². The van der Waals surface area contributed by atoms with Gasteiger partial charge in [-0.2, -0.15) is 0 Å². The Balaban J connectivity index is 3.79. The molecule has 0 radical (unpaired) electrons. The molecule has 0 aliphatic rings. The van der Waals surface area contributed by atoms with Crippen LogP contribution in [0.25, 0.3) is 0 Å². The molecule has 2 N–H and O–H groups in total. The van der Waals surface area contributed by atoms with E-state index in [9.17, 15) is 5.11 Å². The van der Waals surface area contributed by atoms with E-state index < -0.39 is 5.60 Å². The van der Waals surface area contributed by atoms with Crippen LogP contribution in [0, 0.1) is 0 Å². The fourth-order valence-corrected chi connectivity index (χ4v) is 0.979. The minimum absolute atomic E-state index is 0.177.